The molecule has 2 rings (SSSR count). The zero-order valence-electron chi connectivity index (χ0n) is 12.2. The van der Waals surface area contributed by atoms with Crippen molar-refractivity contribution in [3.05, 3.63) is 35.4 Å². The molecule has 1 aromatic rings. The van der Waals surface area contributed by atoms with Crippen LogP contribution in [-0.4, -0.2) is 35.5 Å². The van der Waals surface area contributed by atoms with Crippen LogP contribution >= 0.6 is 0 Å². The molecule has 1 aliphatic rings. The fraction of sp³-hybridized carbons (Fsp3) is 0.500. The van der Waals surface area contributed by atoms with Gasteiger partial charge in [-0.1, -0.05) is 31.2 Å². The third-order valence-electron chi connectivity index (χ3n) is 4.14. The maximum Gasteiger partial charge on any atom is 0.308 e. The molecule has 0 radical (unpaired) electrons. The van der Waals surface area contributed by atoms with Gasteiger partial charge in [0.2, 0.25) is 5.91 Å². The van der Waals surface area contributed by atoms with E-state index in [0.717, 1.165) is 24.0 Å². The van der Waals surface area contributed by atoms with Gasteiger partial charge in [-0.25, -0.2) is 0 Å². The fourth-order valence-corrected chi connectivity index (χ4v) is 2.77. The van der Waals surface area contributed by atoms with E-state index in [4.69, 9.17) is 5.11 Å². The quantitative estimate of drug-likeness (QED) is 0.896. The number of aryl methyl sites for hydroxylation is 1. The number of nitrogens with zero attached hydrogens (tertiary/aromatic N) is 1. The van der Waals surface area contributed by atoms with Crippen LogP contribution in [0.15, 0.2) is 24.3 Å². The number of amides is 1. The predicted molar refractivity (Wildman–Crippen MR) is 76.5 cm³/mol. The molecule has 1 amide bonds. The van der Waals surface area contributed by atoms with Gasteiger partial charge in [0.15, 0.2) is 0 Å². The van der Waals surface area contributed by atoms with E-state index in [2.05, 4.69) is 0 Å². The highest BCUT2D eigenvalue weighted by Gasteiger charge is 2.53. The average Bonchev–Trinajstić information content (AvgIpc) is 3.19. The Labute approximate surface area is 119 Å². The van der Waals surface area contributed by atoms with Gasteiger partial charge in [-0.3, -0.25) is 9.59 Å². The predicted octanol–water partition coefficient (Wildman–Crippen LogP) is 2.21. The topological polar surface area (TPSA) is 57.6 Å². The van der Waals surface area contributed by atoms with E-state index < -0.39 is 17.3 Å². The van der Waals surface area contributed by atoms with Crippen molar-refractivity contribution in [1.82, 2.24) is 4.90 Å². The van der Waals surface area contributed by atoms with E-state index in [-0.39, 0.29) is 12.5 Å². The molecule has 4 heteroatoms. The van der Waals surface area contributed by atoms with E-state index in [1.807, 2.05) is 31.2 Å². The number of carbonyl (C=O) groups is 2. The van der Waals surface area contributed by atoms with Gasteiger partial charge in [-0.2, -0.15) is 0 Å². The van der Waals surface area contributed by atoms with Crippen LogP contribution in [0.4, 0.5) is 0 Å². The average molecular weight is 275 g/mol. The molecule has 1 saturated carbocycles. The molecule has 20 heavy (non-hydrogen) atoms. The lowest BCUT2D eigenvalue weighted by Gasteiger charge is -2.26. The Bertz CT molecular complexity index is 534. The summed E-state index contributed by atoms with van der Waals surface area (Å²) >= 11 is 0. The van der Waals surface area contributed by atoms with Crippen LogP contribution in [0, 0.1) is 12.8 Å². The molecular formula is C16H21NO3. The van der Waals surface area contributed by atoms with Crippen molar-refractivity contribution in [3.63, 3.8) is 0 Å². The number of rotatable bonds is 5. The molecular weight excluding hydrogens is 254 g/mol. The lowest BCUT2D eigenvalue weighted by Crippen LogP contribution is -2.40. The molecule has 0 heterocycles. The van der Waals surface area contributed by atoms with E-state index in [9.17, 15) is 9.59 Å². The zero-order valence-corrected chi connectivity index (χ0v) is 12.2. The highest BCUT2D eigenvalue weighted by molar-refractivity contribution is 5.91. The summed E-state index contributed by atoms with van der Waals surface area (Å²) in [7, 11) is 1.69. The minimum absolute atomic E-state index is 0.0416. The van der Waals surface area contributed by atoms with Gasteiger partial charge in [0.1, 0.15) is 0 Å². The van der Waals surface area contributed by atoms with Gasteiger partial charge in [-0.05, 0) is 30.9 Å². The summed E-state index contributed by atoms with van der Waals surface area (Å²) in [5, 5.41) is 8.95. The number of carbonyl (C=O) groups excluding carboxylic acids is 1. The van der Waals surface area contributed by atoms with Crippen LogP contribution in [0.2, 0.25) is 0 Å². The first-order chi connectivity index (χ1) is 9.38. The van der Waals surface area contributed by atoms with Crippen LogP contribution < -0.4 is 0 Å². The van der Waals surface area contributed by atoms with Crippen molar-refractivity contribution in [3.8, 4) is 0 Å². The van der Waals surface area contributed by atoms with E-state index in [1.165, 1.54) is 0 Å². The molecule has 0 aromatic heterocycles. The molecule has 1 N–H and O–H groups in total. The first-order valence-corrected chi connectivity index (χ1v) is 6.93. The molecule has 1 aromatic carbocycles. The number of likely N-dealkylation sites (N-methyl/N-ethyl adjacent to an activating group) is 1. The molecule has 1 unspecified atom stereocenters. The fourth-order valence-electron chi connectivity index (χ4n) is 2.77. The highest BCUT2D eigenvalue weighted by Crippen LogP contribution is 2.50. The molecule has 0 saturated heterocycles. The molecule has 1 fully saturated rings. The number of carboxylic acid groups (broad SMARTS) is 1. The number of benzene rings is 1. The third kappa shape index (κ3) is 2.55. The summed E-state index contributed by atoms with van der Waals surface area (Å²) < 4.78 is 0. The maximum absolute atomic E-state index is 12.7. The van der Waals surface area contributed by atoms with Crippen molar-refractivity contribution in [2.24, 2.45) is 5.92 Å². The first kappa shape index (κ1) is 14.6. The van der Waals surface area contributed by atoms with Crippen LogP contribution in [-0.2, 0) is 15.0 Å². The van der Waals surface area contributed by atoms with Gasteiger partial charge >= 0.3 is 5.97 Å². The minimum Gasteiger partial charge on any atom is -0.481 e. The molecule has 0 aliphatic heterocycles. The Morgan fingerprint density at radius 2 is 1.95 bits per heavy atom. The van der Waals surface area contributed by atoms with Crippen molar-refractivity contribution in [2.75, 3.05) is 13.6 Å². The lowest BCUT2D eigenvalue weighted by molar-refractivity contribution is -0.143. The van der Waals surface area contributed by atoms with E-state index in [1.54, 1.807) is 18.9 Å². The standard InChI is InChI=1S/C16H21NO3/c1-11-6-4-5-7-13(11)16(8-9-16)15(20)17(3)10-12(2)14(18)19/h4-7,12H,8-10H2,1-3H3,(H,18,19). The van der Waals surface area contributed by atoms with Gasteiger partial charge < -0.3 is 10.0 Å². The molecule has 1 aliphatic carbocycles. The van der Waals surface area contributed by atoms with E-state index >= 15 is 0 Å². The molecule has 0 spiro atoms. The van der Waals surface area contributed by atoms with Crippen molar-refractivity contribution in [1.29, 1.82) is 0 Å². The number of hydrogen-bond donors (Lipinski definition) is 1. The summed E-state index contributed by atoms with van der Waals surface area (Å²) in [6, 6.07) is 7.95. The normalized spacial score (nSPS) is 17.4. The summed E-state index contributed by atoms with van der Waals surface area (Å²) in [4.78, 5) is 25.1. The van der Waals surface area contributed by atoms with Crippen LogP contribution in [0.1, 0.15) is 30.9 Å². The molecule has 0 bridgehead atoms. The second kappa shape index (κ2) is 5.27. The maximum atomic E-state index is 12.7. The van der Waals surface area contributed by atoms with Crippen molar-refractivity contribution >= 4 is 11.9 Å². The molecule has 4 nitrogen and oxygen atoms in total. The van der Waals surface area contributed by atoms with Crippen molar-refractivity contribution in [2.45, 2.75) is 32.1 Å². The van der Waals surface area contributed by atoms with Crippen LogP contribution in [0.3, 0.4) is 0 Å². The second-order valence-corrected chi connectivity index (χ2v) is 5.82. The summed E-state index contributed by atoms with van der Waals surface area (Å²) in [6.45, 7) is 3.89. The third-order valence-corrected chi connectivity index (χ3v) is 4.14. The Kier molecular flexibility index (Phi) is 3.84. The Morgan fingerprint density at radius 1 is 1.35 bits per heavy atom. The summed E-state index contributed by atoms with van der Waals surface area (Å²) in [5.41, 5.74) is 1.79. The number of hydrogen-bond acceptors (Lipinski definition) is 2. The lowest BCUT2D eigenvalue weighted by atomic mass is 9.90. The van der Waals surface area contributed by atoms with Gasteiger partial charge in [0, 0.05) is 13.6 Å². The van der Waals surface area contributed by atoms with Gasteiger partial charge in [0.25, 0.3) is 0 Å². The first-order valence-electron chi connectivity index (χ1n) is 6.93. The Balaban J connectivity index is 2.17. The minimum atomic E-state index is -0.870. The second-order valence-electron chi connectivity index (χ2n) is 5.82. The highest BCUT2D eigenvalue weighted by atomic mass is 16.4. The van der Waals surface area contributed by atoms with Gasteiger partial charge in [0.05, 0.1) is 11.3 Å². The monoisotopic (exact) mass is 275 g/mol. The smallest absolute Gasteiger partial charge is 0.308 e. The number of carboxylic acids is 1. The molecule has 1 atom stereocenters. The van der Waals surface area contributed by atoms with Crippen LogP contribution in [0.25, 0.3) is 0 Å². The summed E-state index contributed by atoms with van der Waals surface area (Å²) in [6.07, 6.45) is 1.70. The Morgan fingerprint density at radius 3 is 2.45 bits per heavy atom. The largest absolute Gasteiger partial charge is 0.481 e. The molecule has 108 valence electrons. The SMILES string of the molecule is Cc1ccccc1C1(C(=O)N(C)CC(C)C(=O)O)CC1. The van der Waals surface area contributed by atoms with Gasteiger partial charge in [-0.15, -0.1) is 0 Å². The summed E-state index contributed by atoms with van der Waals surface area (Å²) in [5.74, 6) is -1.37. The zero-order chi connectivity index (χ0) is 14.9. The Hall–Kier alpha value is -1.84. The van der Waals surface area contributed by atoms with Crippen molar-refractivity contribution < 1.29 is 14.7 Å². The number of aliphatic carboxylic acids is 1. The van der Waals surface area contributed by atoms with Crippen LogP contribution in [0.5, 0.6) is 0 Å². The van der Waals surface area contributed by atoms with E-state index in [0.29, 0.717) is 0 Å².